The molecule has 0 aliphatic heterocycles. The van der Waals surface area contributed by atoms with E-state index in [-0.39, 0.29) is 36.2 Å². The summed E-state index contributed by atoms with van der Waals surface area (Å²) in [6.45, 7) is -0.337. The lowest BCUT2D eigenvalue weighted by molar-refractivity contribution is -0.143. The van der Waals surface area contributed by atoms with E-state index in [0.29, 0.717) is 12.8 Å². The average Bonchev–Trinajstić information content (AvgIpc) is 2.76. The van der Waals surface area contributed by atoms with Crippen LogP contribution in [0, 0.1) is 5.92 Å². The Kier molecular flexibility index (Phi) is 6.16. The van der Waals surface area contributed by atoms with E-state index in [1.807, 2.05) is 30.4 Å². The molecule has 0 N–H and O–H groups in total. The van der Waals surface area contributed by atoms with E-state index in [4.69, 9.17) is 4.74 Å². The quantitative estimate of drug-likeness (QED) is 0.472. The fourth-order valence-corrected chi connectivity index (χ4v) is 4.49. The number of ether oxygens (including phenoxy) is 1. The molecule has 32 heavy (non-hydrogen) atoms. The summed E-state index contributed by atoms with van der Waals surface area (Å²) in [4.78, 5) is 4.45. The first-order valence-electron chi connectivity index (χ1n) is 10.3. The summed E-state index contributed by atoms with van der Waals surface area (Å²) in [5.74, 6) is 0.0297. The summed E-state index contributed by atoms with van der Waals surface area (Å²) in [5.41, 5.74) is -0.837. The largest absolute Gasteiger partial charge is 0.416 e. The molecule has 2 nitrogen and oxygen atoms in total. The van der Waals surface area contributed by atoms with Crippen molar-refractivity contribution >= 4 is 0 Å². The summed E-state index contributed by atoms with van der Waals surface area (Å²) < 4.78 is 85.0. The molecule has 1 heterocycles. The molecule has 0 amide bonds. The zero-order valence-electron chi connectivity index (χ0n) is 17.0. The number of fused-ring (bicyclic) bond motifs is 1. The van der Waals surface area contributed by atoms with E-state index in [9.17, 15) is 26.3 Å². The van der Waals surface area contributed by atoms with Crippen molar-refractivity contribution in [2.45, 2.75) is 50.2 Å². The molecule has 2 aromatic rings. The highest BCUT2D eigenvalue weighted by atomic mass is 19.4. The zero-order chi connectivity index (χ0) is 22.9. The first-order chi connectivity index (χ1) is 15.1. The van der Waals surface area contributed by atoms with Crippen molar-refractivity contribution in [2.24, 2.45) is 5.92 Å². The van der Waals surface area contributed by atoms with E-state index >= 15 is 0 Å². The summed E-state index contributed by atoms with van der Waals surface area (Å²) in [5, 5.41) is 0. The van der Waals surface area contributed by atoms with Crippen molar-refractivity contribution in [2.75, 3.05) is 0 Å². The molecule has 1 unspecified atom stereocenters. The van der Waals surface area contributed by atoms with Crippen LogP contribution in [0.15, 0.2) is 60.8 Å². The third-order valence-corrected chi connectivity index (χ3v) is 5.94. The van der Waals surface area contributed by atoms with Crippen molar-refractivity contribution in [3.63, 3.8) is 0 Å². The molecular weight excluding hydrogens is 432 g/mol. The van der Waals surface area contributed by atoms with E-state index in [1.54, 1.807) is 6.20 Å². The highest BCUT2D eigenvalue weighted by molar-refractivity contribution is 5.34. The van der Waals surface area contributed by atoms with Gasteiger partial charge in [0.2, 0.25) is 0 Å². The maximum Gasteiger partial charge on any atom is 0.416 e. The second kappa shape index (κ2) is 8.73. The van der Waals surface area contributed by atoms with Crippen LogP contribution in [-0.2, 0) is 30.1 Å². The molecule has 0 fully saturated rings. The van der Waals surface area contributed by atoms with Crippen molar-refractivity contribution in [1.29, 1.82) is 0 Å². The molecule has 8 heteroatoms. The Balaban J connectivity index is 1.61. The minimum atomic E-state index is -4.88. The van der Waals surface area contributed by atoms with Crippen LogP contribution >= 0.6 is 0 Å². The van der Waals surface area contributed by atoms with Gasteiger partial charge in [-0.05, 0) is 60.6 Å². The smallest absolute Gasteiger partial charge is 0.373 e. The fourth-order valence-electron chi connectivity index (χ4n) is 4.49. The monoisotopic (exact) mass is 453 g/mol. The molecular formula is C24H21F6NO. The van der Waals surface area contributed by atoms with E-state index in [0.717, 1.165) is 29.8 Å². The molecule has 170 valence electrons. The zero-order valence-corrected chi connectivity index (χ0v) is 17.0. The molecule has 0 bridgehead atoms. The van der Waals surface area contributed by atoms with Gasteiger partial charge in [-0.15, -0.1) is 0 Å². The highest BCUT2D eigenvalue weighted by Gasteiger charge is 2.38. The van der Waals surface area contributed by atoms with Gasteiger partial charge in [-0.1, -0.05) is 30.4 Å². The summed E-state index contributed by atoms with van der Waals surface area (Å²) in [6, 6.07) is 5.39. The molecule has 2 aliphatic rings. The Morgan fingerprint density at radius 1 is 0.969 bits per heavy atom. The predicted octanol–water partition coefficient (Wildman–Crippen LogP) is 6.87. The standard InChI is InChI=1S/C24H21F6NO/c25-23(26,27)17-11-15(12-18(13-17)24(28,29)30)14-32-21-9-8-20-19(7-4-10-31-20)22(21)16-5-2-1-3-6-16/h1-5,7,10-13,16,21-22H,6,8-9,14H2/t16?,21-,22-/m1/s1. The SMILES string of the molecule is FC(F)(F)c1cc(CO[C@@H]2CCc3ncccc3[C@H]2C2C=CC=CC2)cc(C(F)(F)F)c1. The van der Waals surface area contributed by atoms with Crippen LogP contribution < -0.4 is 0 Å². The van der Waals surface area contributed by atoms with Crippen LogP contribution in [0.3, 0.4) is 0 Å². The molecule has 0 spiro atoms. The lowest BCUT2D eigenvalue weighted by Gasteiger charge is -2.37. The number of allylic oxidation sites excluding steroid dienone is 4. The fraction of sp³-hybridized carbons (Fsp3) is 0.375. The Bertz CT molecular complexity index is 992. The van der Waals surface area contributed by atoms with Gasteiger partial charge < -0.3 is 4.74 Å². The number of benzene rings is 1. The number of hydrogen-bond acceptors (Lipinski definition) is 2. The van der Waals surface area contributed by atoms with Gasteiger partial charge >= 0.3 is 12.4 Å². The van der Waals surface area contributed by atoms with E-state index in [1.165, 1.54) is 0 Å². The van der Waals surface area contributed by atoms with Gasteiger partial charge in [0.05, 0.1) is 23.8 Å². The van der Waals surface area contributed by atoms with Crippen LogP contribution in [0.2, 0.25) is 0 Å². The minimum Gasteiger partial charge on any atom is -0.373 e. The topological polar surface area (TPSA) is 22.1 Å². The Morgan fingerprint density at radius 3 is 2.31 bits per heavy atom. The van der Waals surface area contributed by atoms with Crippen LogP contribution in [-0.4, -0.2) is 11.1 Å². The molecule has 1 aromatic heterocycles. The van der Waals surface area contributed by atoms with Gasteiger partial charge in [0, 0.05) is 17.8 Å². The number of aromatic nitrogens is 1. The second-order valence-corrected chi connectivity index (χ2v) is 8.08. The van der Waals surface area contributed by atoms with E-state index in [2.05, 4.69) is 11.1 Å². The van der Waals surface area contributed by atoms with Gasteiger partial charge in [-0.3, -0.25) is 4.98 Å². The number of hydrogen-bond donors (Lipinski definition) is 0. The first kappa shape index (κ1) is 22.6. The highest BCUT2D eigenvalue weighted by Crippen LogP contribution is 2.42. The van der Waals surface area contributed by atoms with Gasteiger partial charge in [0.15, 0.2) is 0 Å². The number of rotatable bonds is 4. The van der Waals surface area contributed by atoms with Crippen molar-refractivity contribution in [3.8, 4) is 0 Å². The average molecular weight is 453 g/mol. The Hall–Kier alpha value is -2.61. The van der Waals surface area contributed by atoms with Crippen LogP contribution in [0.4, 0.5) is 26.3 Å². The van der Waals surface area contributed by atoms with Crippen LogP contribution in [0.1, 0.15) is 46.7 Å². The van der Waals surface area contributed by atoms with Crippen LogP contribution in [0.25, 0.3) is 0 Å². The van der Waals surface area contributed by atoms with Crippen LogP contribution in [0.5, 0.6) is 0 Å². The number of pyridine rings is 1. The molecule has 3 atom stereocenters. The van der Waals surface area contributed by atoms with Gasteiger partial charge in [-0.2, -0.15) is 26.3 Å². The Morgan fingerprint density at radius 2 is 1.69 bits per heavy atom. The third kappa shape index (κ3) is 4.90. The number of halogens is 6. The summed E-state index contributed by atoms with van der Waals surface area (Å²) in [7, 11) is 0. The maximum absolute atomic E-state index is 13.2. The maximum atomic E-state index is 13.2. The molecule has 4 rings (SSSR count). The van der Waals surface area contributed by atoms with Gasteiger partial charge in [-0.25, -0.2) is 0 Å². The van der Waals surface area contributed by atoms with Crippen molar-refractivity contribution < 1.29 is 31.1 Å². The van der Waals surface area contributed by atoms with Gasteiger partial charge in [0.25, 0.3) is 0 Å². The van der Waals surface area contributed by atoms with Gasteiger partial charge in [0.1, 0.15) is 0 Å². The lowest BCUT2D eigenvalue weighted by Crippen LogP contribution is -2.33. The van der Waals surface area contributed by atoms with E-state index < -0.39 is 23.5 Å². The molecule has 0 radical (unpaired) electrons. The minimum absolute atomic E-state index is 0.0819. The molecule has 0 saturated carbocycles. The molecule has 2 aliphatic carbocycles. The molecule has 0 saturated heterocycles. The Labute approximate surface area is 181 Å². The normalized spacial score (nSPS) is 23.2. The number of aryl methyl sites for hydroxylation is 1. The number of alkyl halides is 6. The summed E-state index contributed by atoms with van der Waals surface area (Å²) in [6.07, 6.45) is 1.60. The van der Waals surface area contributed by atoms with Crippen molar-refractivity contribution in [1.82, 2.24) is 4.98 Å². The number of nitrogens with zero attached hydrogens (tertiary/aromatic N) is 1. The molecule has 1 aromatic carbocycles. The second-order valence-electron chi connectivity index (χ2n) is 8.08. The third-order valence-electron chi connectivity index (χ3n) is 5.94. The predicted molar refractivity (Wildman–Crippen MR) is 107 cm³/mol. The first-order valence-corrected chi connectivity index (χ1v) is 10.3. The lowest BCUT2D eigenvalue weighted by atomic mass is 9.73. The summed E-state index contributed by atoms with van der Waals surface area (Å²) >= 11 is 0. The van der Waals surface area contributed by atoms with Crippen molar-refractivity contribution in [3.05, 3.63) is 88.8 Å².